The van der Waals surface area contributed by atoms with Crippen LogP contribution in [0.5, 0.6) is 0 Å². The van der Waals surface area contributed by atoms with E-state index in [4.69, 9.17) is 0 Å². The normalized spacial score (nSPS) is 15.1. The first-order valence-electron chi connectivity index (χ1n) is 5.81. The summed E-state index contributed by atoms with van der Waals surface area (Å²) in [7, 11) is 0. The molecule has 2 aromatic heterocycles. The van der Waals surface area contributed by atoms with Crippen LogP contribution in [-0.4, -0.2) is 9.78 Å². The maximum Gasteiger partial charge on any atom is 0.176 e. The third-order valence-corrected chi connectivity index (χ3v) is 3.73. The molecule has 2 aromatic rings. The van der Waals surface area contributed by atoms with Gasteiger partial charge in [0, 0.05) is 23.7 Å². The number of nitrogens with one attached hydrogen (secondary N) is 1. The van der Waals surface area contributed by atoms with Crippen LogP contribution in [0.3, 0.4) is 0 Å². The summed E-state index contributed by atoms with van der Waals surface area (Å²) in [6.07, 6.45) is 4.66. The largest absolute Gasteiger partial charge is 0.364 e. The smallest absolute Gasteiger partial charge is 0.176 e. The Balaban J connectivity index is 1.55. The van der Waals surface area contributed by atoms with Gasteiger partial charge in [0.2, 0.25) is 0 Å². The standard InChI is InChI=1S/C12H14FN3S/c13-11-4-3-10(17-11)7-14-12-5-6-16(15-12)8-9-1-2-9/h3-6,9H,1-2,7-8H2,(H,14,15). The minimum atomic E-state index is -0.138. The first-order chi connectivity index (χ1) is 8.29. The van der Waals surface area contributed by atoms with Gasteiger partial charge in [-0.2, -0.15) is 9.49 Å². The molecule has 0 aliphatic heterocycles. The fraction of sp³-hybridized carbons (Fsp3) is 0.417. The van der Waals surface area contributed by atoms with Gasteiger partial charge in [-0.05, 0) is 30.9 Å². The van der Waals surface area contributed by atoms with Gasteiger partial charge in [0.25, 0.3) is 0 Å². The van der Waals surface area contributed by atoms with Gasteiger partial charge in [0.15, 0.2) is 5.13 Å². The monoisotopic (exact) mass is 251 g/mol. The summed E-state index contributed by atoms with van der Waals surface area (Å²) < 4.78 is 14.8. The van der Waals surface area contributed by atoms with E-state index >= 15 is 0 Å². The SMILES string of the molecule is Fc1ccc(CNc2ccn(CC3CC3)n2)s1. The molecule has 17 heavy (non-hydrogen) atoms. The first-order valence-corrected chi connectivity index (χ1v) is 6.63. The molecule has 0 amide bonds. The highest BCUT2D eigenvalue weighted by Crippen LogP contribution is 2.30. The van der Waals surface area contributed by atoms with Crippen molar-refractivity contribution in [2.45, 2.75) is 25.9 Å². The van der Waals surface area contributed by atoms with E-state index in [1.54, 1.807) is 6.07 Å². The molecule has 3 nitrogen and oxygen atoms in total. The second-order valence-electron chi connectivity index (χ2n) is 4.43. The van der Waals surface area contributed by atoms with Gasteiger partial charge in [0.05, 0.1) is 6.54 Å². The van der Waals surface area contributed by atoms with E-state index in [0.29, 0.717) is 6.54 Å². The van der Waals surface area contributed by atoms with Crippen molar-refractivity contribution in [2.24, 2.45) is 5.92 Å². The predicted octanol–water partition coefficient (Wildman–Crippen LogP) is 3.11. The molecule has 90 valence electrons. The lowest BCUT2D eigenvalue weighted by Gasteiger charge is -2.00. The van der Waals surface area contributed by atoms with Crippen LogP contribution in [0.15, 0.2) is 24.4 Å². The van der Waals surface area contributed by atoms with Gasteiger partial charge in [-0.3, -0.25) is 4.68 Å². The Morgan fingerprint density at radius 2 is 2.29 bits per heavy atom. The lowest BCUT2D eigenvalue weighted by atomic mass is 10.4. The van der Waals surface area contributed by atoms with Crippen LogP contribution in [0.25, 0.3) is 0 Å². The van der Waals surface area contributed by atoms with Crippen molar-refractivity contribution in [3.63, 3.8) is 0 Å². The second kappa shape index (κ2) is 4.49. The molecule has 0 aromatic carbocycles. The molecule has 1 aliphatic rings. The minimum absolute atomic E-state index is 0.138. The second-order valence-corrected chi connectivity index (χ2v) is 5.54. The van der Waals surface area contributed by atoms with E-state index < -0.39 is 0 Å². The van der Waals surface area contributed by atoms with Crippen LogP contribution in [0.2, 0.25) is 0 Å². The average Bonchev–Trinajstić information content (AvgIpc) is 2.84. The lowest BCUT2D eigenvalue weighted by Crippen LogP contribution is -2.03. The topological polar surface area (TPSA) is 29.9 Å². The van der Waals surface area contributed by atoms with Gasteiger partial charge in [-0.25, -0.2) is 0 Å². The Kier molecular flexibility index (Phi) is 2.84. The molecule has 1 N–H and O–H groups in total. The molecular formula is C12H14FN3S. The summed E-state index contributed by atoms with van der Waals surface area (Å²) in [6.45, 7) is 1.66. The highest BCUT2D eigenvalue weighted by molar-refractivity contribution is 7.10. The number of anilines is 1. The van der Waals surface area contributed by atoms with Crippen molar-refractivity contribution in [2.75, 3.05) is 5.32 Å². The van der Waals surface area contributed by atoms with Crippen molar-refractivity contribution < 1.29 is 4.39 Å². The summed E-state index contributed by atoms with van der Waals surface area (Å²) in [5, 5.41) is 7.49. The number of halogens is 1. The lowest BCUT2D eigenvalue weighted by molar-refractivity contribution is 0.564. The maximum atomic E-state index is 12.8. The molecule has 0 spiro atoms. The van der Waals surface area contributed by atoms with Crippen molar-refractivity contribution in [1.29, 1.82) is 0 Å². The molecule has 0 unspecified atom stereocenters. The maximum absolute atomic E-state index is 12.8. The Bertz CT molecular complexity index is 501. The van der Waals surface area contributed by atoms with E-state index in [9.17, 15) is 4.39 Å². The molecular weight excluding hydrogens is 237 g/mol. The third kappa shape index (κ3) is 2.85. The van der Waals surface area contributed by atoms with E-state index in [-0.39, 0.29) is 5.13 Å². The Hall–Kier alpha value is -1.36. The zero-order chi connectivity index (χ0) is 11.7. The summed E-state index contributed by atoms with van der Waals surface area (Å²) in [5.74, 6) is 1.69. The number of nitrogens with zero attached hydrogens (tertiary/aromatic N) is 2. The molecule has 1 saturated carbocycles. The van der Waals surface area contributed by atoms with Crippen LogP contribution >= 0.6 is 11.3 Å². The first kappa shape index (κ1) is 10.8. The quantitative estimate of drug-likeness (QED) is 0.885. The minimum Gasteiger partial charge on any atom is -0.364 e. The Morgan fingerprint density at radius 1 is 1.41 bits per heavy atom. The summed E-state index contributed by atoms with van der Waals surface area (Å²) in [5.41, 5.74) is 0. The van der Waals surface area contributed by atoms with Crippen molar-refractivity contribution in [3.05, 3.63) is 34.4 Å². The van der Waals surface area contributed by atoms with E-state index in [1.807, 2.05) is 16.9 Å². The van der Waals surface area contributed by atoms with Crippen molar-refractivity contribution in [1.82, 2.24) is 9.78 Å². The summed E-state index contributed by atoms with van der Waals surface area (Å²) in [4.78, 5) is 0.985. The number of hydrogen-bond acceptors (Lipinski definition) is 3. The number of rotatable bonds is 5. The molecule has 5 heteroatoms. The van der Waals surface area contributed by atoms with Crippen LogP contribution in [-0.2, 0) is 13.1 Å². The van der Waals surface area contributed by atoms with Crippen LogP contribution < -0.4 is 5.32 Å². The van der Waals surface area contributed by atoms with Gasteiger partial charge >= 0.3 is 0 Å². The average molecular weight is 251 g/mol. The fourth-order valence-corrected chi connectivity index (χ4v) is 2.41. The highest BCUT2D eigenvalue weighted by Gasteiger charge is 2.21. The molecule has 1 fully saturated rings. The molecule has 0 atom stereocenters. The number of hydrogen-bond donors (Lipinski definition) is 1. The van der Waals surface area contributed by atoms with Gasteiger partial charge in [-0.15, -0.1) is 11.3 Å². The van der Waals surface area contributed by atoms with Crippen LogP contribution in [0.4, 0.5) is 10.2 Å². The van der Waals surface area contributed by atoms with Gasteiger partial charge < -0.3 is 5.32 Å². The van der Waals surface area contributed by atoms with E-state index in [0.717, 1.165) is 23.2 Å². The summed E-state index contributed by atoms with van der Waals surface area (Å²) in [6, 6.07) is 5.26. The zero-order valence-electron chi connectivity index (χ0n) is 9.40. The van der Waals surface area contributed by atoms with Crippen molar-refractivity contribution in [3.8, 4) is 0 Å². The Labute approximate surface area is 103 Å². The number of aromatic nitrogens is 2. The molecule has 2 heterocycles. The van der Waals surface area contributed by atoms with Crippen molar-refractivity contribution >= 4 is 17.2 Å². The molecule has 0 bridgehead atoms. The van der Waals surface area contributed by atoms with Crippen LogP contribution in [0, 0.1) is 11.0 Å². The zero-order valence-corrected chi connectivity index (χ0v) is 10.2. The van der Waals surface area contributed by atoms with E-state index in [1.165, 1.54) is 30.2 Å². The molecule has 0 saturated heterocycles. The van der Waals surface area contributed by atoms with Crippen LogP contribution in [0.1, 0.15) is 17.7 Å². The Morgan fingerprint density at radius 3 is 3.00 bits per heavy atom. The molecule has 1 aliphatic carbocycles. The van der Waals surface area contributed by atoms with E-state index in [2.05, 4.69) is 10.4 Å². The predicted molar refractivity (Wildman–Crippen MR) is 66.6 cm³/mol. The van der Waals surface area contributed by atoms with Gasteiger partial charge in [-0.1, -0.05) is 0 Å². The summed E-state index contributed by atoms with van der Waals surface area (Å²) >= 11 is 1.17. The molecule has 0 radical (unpaired) electrons. The highest BCUT2D eigenvalue weighted by atomic mass is 32.1. The fourth-order valence-electron chi connectivity index (χ4n) is 1.75. The number of thiophene rings is 1. The third-order valence-electron chi connectivity index (χ3n) is 2.86. The van der Waals surface area contributed by atoms with Gasteiger partial charge in [0.1, 0.15) is 5.82 Å². The molecule has 3 rings (SSSR count).